The van der Waals surface area contributed by atoms with Gasteiger partial charge in [0.25, 0.3) is 0 Å². The van der Waals surface area contributed by atoms with Crippen molar-refractivity contribution < 1.29 is 14.6 Å². The molecule has 0 radical (unpaired) electrons. The van der Waals surface area contributed by atoms with E-state index in [1.165, 1.54) is 0 Å². The zero-order valence-corrected chi connectivity index (χ0v) is 8.04. The monoisotopic (exact) mass is 174 g/mol. The van der Waals surface area contributed by atoms with Crippen molar-refractivity contribution in [2.75, 3.05) is 6.61 Å². The number of hydrogen-bond acceptors (Lipinski definition) is 3. The Balaban J connectivity index is 3.66. The van der Waals surface area contributed by atoms with Crippen LogP contribution in [0.2, 0.25) is 0 Å². The van der Waals surface area contributed by atoms with Crippen LogP contribution in [0.15, 0.2) is 0 Å². The number of carbonyl (C=O) groups is 1. The van der Waals surface area contributed by atoms with E-state index in [1.54, 1.807) is 0 Å². The molecule has 0 amide bonds. The Hall–Kier alpha value is -0.570. The van der Waals surface area contributed by atoms with Gasteiger partial charge in [-0.15, -0.1) is 0 Å². The van der Waals surface area contributed by atoms with Crippen molar-refractivity contribution >= 4 is 5.97 Å². The summed E-state index contributed by atoms with van der Waals surface area (Å²) in [5.41, 5.74) is 0. The second-order valence-corrected chi connectivity index (χ2v) is 3.30. The Kier molecular flexibility index (Phi) is 5.72. The number of rotatable bonds is 5. The molecule has 0 aliphatic heterocycles. The minimum absolute atomic E-state index is 0.0830. The first-order chi connectivity index (χ1) is 5.60. The molecule has 0 saturated carbocycles. The highest BCUT2D eigenvalue weighted by molar-refractivity contribution is 5.69. The second kappa shape index (κ2) is 6.00. The molecule has 12 heavy (non-hydrogen) atoms. The van der Waals surface area contributed by atoms with Crippen molar-refractivity contribution in [3.63, 3.8) is 0 Å². The molecule has 1 unspecified atom stereocenters. The summed E-state index contributed by atoms with van der Waals surface area (Å²) in [6.07, 6.45) is 0.771. The van der Waals surface area contributed by atoms with E-state index in [4.69, 9.17) is 9.84 Å². The average molecular weight is 174 g/mol. The van der Waals surface area contributed by atoms with Gasteiger partial charge in [-0.05, 0) is 12.3 Å². The van der Waals surface area contributed by atoms with Crippen molar-refractivity contribution in [1.29, 1.82) is 0 Å². The first kappa shape index (κ1) is 11.4. The first-order valence-electron chi connectivity index (χ1n) is 4.40. The van der Waals surface area contributed by atoms with Gasteiger partial charge >= 0.3 is 5.97 Å². The van der Waals surface area contributed by atoms with Gasteiger partial charge in [0, 0.05) is 6.42 Å². The van der Waals surface area contributed by atoms with Gasteiger partial charge in [0.1, 0.15) is 6.10 Å². The van der Waals surface area contributed by atoms with Gasteiger partial charge in [0.2, 0.25) is 0 Å². The quantitative estimate of drug-likeness (QED) is 0.640. The van der Waals surface area contributed by atoms with Crippen LogP contribution in [-0.2, 0) is 9.53 Å². The number of esters is 1. The van der Waals surface area contributed by atoms with E-state index in [1.807, 2.05) is 20.8 Å². The average Bonchev–Trinajstić information content (AvgIpc) is 1.98. The fraction of sp³-hybridized carbons (Fsp3) is 0.889. The van der Waals surface area contributed by atoms with Crippen LogP contribution in [0, 0.1) is 5.92 Å². The molecule has 1 N–H and O–H groups in total. The van der Waals surface area contributed by atoms with Crippen LogP contribution >= 0.6 is 0 Å². The number of hydrogen-bond donors (Lipinski definition) is 1. The van der Waals surface area contributed by atoms with Gasteiger partial charge in [-0.25, -0.2) is 0 Å². The van der Waals surface area contributed by atoms with Crippen molar-refractivity contribution in [2.24, 2.45) is 5.92 Å². The molecule has 3 nitrogen and oxygen atoms in total. The zero-order valence-electron chi connectivity index (χ0n) is 8.04. The summed E-state index contributed by atoms with van der Waals surface area (Å²) < 4.78 is 4.97. The van der Waals surface area contributed by atoms with Gasteiger partial charge < -0.3 is 9.84 Å². The molecule has 0 spiro atoms. The topological polar surface area (TPSA) is 46.5 Å². The highest BCUT2D eigenvalue weighted by Gasteiger charge is 2.12. The van der Waals surface area contributed by atoms with E-state index in [9.17, 15) is 4.79 Å². The Morgan fingerprint density at radius 2 is 2.08 bits per heavy atom. The Morgan fingerprint density at radius 1 is 1.50 bits per heavy atom. The highest BCUT2D eigenvalue weighted by atomic mass is 16.5. The summed E-state index contributed by atoms with van der Waals surface area (Å²) in [5.74, 6) is 0.0969. The SMILES string of the molecule is CCC(CO)OC(=O)CC(C)C. The third-order valence-corrected chi connectivity index (χ3v) is 1.53. The first-order valence-corrected chi connectivity index (χ1v) is 4.40. The Labute approximate surface area is 73.7 Å². The third-order valence-electron chi connectivity index (χ3n) is 1.53. The van der Waals surface area contributed by atoms with E-state index in [2.05, 4.69) is 0 Å². The van der Waals surface area contributed by atoms with E-state index in [-0.39, 0.29) is 18.7 Å². The fourth-order valence-electron chi connectivity index (χ4n) is 0.817. The molecule has 0 bridgehead atoms. The summed E-state index contributed by atoms with van der Waals surface area (Å²) in [6.45, 7) is 5.71. The molecular weight excluding hydrogens is 156 g/mol. The van der Waals surface area contributed by atoms with Crippen molar-refractivity contribution in [3.8, 4) is 0 Å². The smallest absolute Gasteiger partial charge is 0.306 e. The fourth-order valence-corrected chi connectivity index (χ4v) is 0.817. The maximum Gasteiger partial charge on any atom is 0.306 e. The highest BCUT2D eigenvalue weighted by Crippen LogP contribution is 2.04. The molecule has 3 heteroatoms. The van der Waals surface area contributed by atoms with Crippen molar-refractivity contribution in [2.45, 2.75) is 39.7 Å². The number of carbonyl (C=O) groups excluding carboxylic acids is 1. The van der Waals surface area contributed by atoms with Gasteiger partial charge in [0.15, 0.2) is 0 Å². The summed E-state index contributed by atoms with van der Waals surface area (Å²) in [7, 11) is 0. The van der Waals surface area contributed by atoms with E-state index in [0.29, 0.717) is 18.8 Å². The molecule has 1 atom stereocenters. The molecule has 0 heterocycles. The zero-order chi connectivity index (χ0) is 9.56. The van der Waals surface area contributed by atoms with E-state index in [0.717, 1.165) is 0 Å². The lowest BCUT2D eigenvalue weighted by molar-refractivity contribution is -0.152. The molecule has 72 valence electrons. The predicted molar refractivity (Wildman–Crippen MR) is 46.7 cm³/mol. The molecule has 0 rings (SSSR count). The summed E-state index contributed by atoms with van der Waals surface area (Å²) in [6, 6.07) is 0. The maximum atomic E-state index is 11.0. The second-order valence-electron chi connectivity index (χ2n) is 3.30. The molecule has 0 aliphatic rings. The number of aliphatic hydroxyl groups excluding tert-OH is 1. The molecular formula is C9H18O3. The normalized spacial score (nSPS) is 13.1. The molecule has 0 aromatic carbocycles. The van der Waals surface area contributed by atoms with Crippen LogP contribution in [0.3, 0.4) is 0 Å². The van der Waals surface area contributed by atoms with Crippen LogP contribution in [0.4, 0.5) is 0 Å². The van der Waals surface area contributed by atoms with Gasteiger partial charge in [-0.3, -0.25) is 4.79 Å². The van der Waals surface area contributed by atoms with Gasteiger partial charge in [-0.2, -0.15) is 0 Å². The predicted octanol–water partition coefficient (Wildman–Crippen LogP) is 1.35. The van der Waals surface area contributed by atoms with E-state index >= 15 is 0 Å². The Bertz CT molecular complexity index is 128. The lowest BCUT2D eigenvalue weighted by Gasteiger charge is -2.13. The van der Waals surface area contributed by atoms with Crippen molar-refractivity contribution in [3.05, 3.63) is 0 Å². The summed E-state index contributed by atoms with van der Waals surface area (Å²) >= 11 is 0. The summed E-state index contributed by atoms with van der Waals surface area (Å²) in [4.78, 5) is 11.0. The van der Waals surface area contributed by atoms with Gasteiger partial charge in [-0.1, -0.05) is 20.8 Å². The molecule has 0 aromatic heterocycles. The number of aliphatic hydroxyl groups is 1. The van der Waals surface area contributed by atoms with Crippen LogP contribution in [-0.4, -0.2) is 23.8 Å². The largest absolute Gasteiger partial charge is 0.460 e. The van der Waals surface area contributed by atoms with Crippen LogP contribution in [0.25, 0.3) is 0 Å². The van der Waals surface area contributed by atoms with Crippen molar-refractivity contribution in [1.82, 2.24) is 0 Å². The van der Waals surface area contributed by atoms with E-state index < -0.39 is 0 Å². The minimum Gasteiger partial charge on any atom is -0.460 e. The molecule has 0 aromatic rings. The van der Waals surface area contributed by atoms with Crippen LogP contribution in [0.1, 0.15) is 33.6 Å². The summed E-state index contributed by atoms with van der Waals surface area (Å²) in [5, 5.41) is 8.73. The lowest BCUT2D eigenvalue weighted by Crippen LogP contribution is -2.21. The minimum atomic E-state index is -0.323. The number of ether oxygens (including phenoxy) is 1. The Morgan fingerprint density at radius 3 is 2.42 bits per heavy atom. The molecule has 0 saturated heterocycles. The van der Waals surface area contributed by atoms with Crippen LogP contribution in [0.5, 0.6) is 0 Å². The van der Waals surface area contributed by atoms with Gasteiger partial charge in [0.05, 0.1) is 6.61 Å². The molecule has 0 fully saturated rings. The third kappa shape index (κ3) is 5.13. The maximum absolute atomic E-state index is 11.0. The lowest BCUT2D eigenvalue weighted by atomic mass is 10.1. The standard InChI is InChI=1S/C9H18O3/c1-4-8(6-10)12-9(11)5-7(2)3/h7-8,10H,4-6H2,1-3H3. The molecule has 0 aliphatic carbocycles. The van der Waals surface area contributed by atoms with Crippen LogP contribution < -0.4 is 0 Å².